The van der Waals surface area contributed by atoms with Gasteiger partial charge in [-0.3, -0.25) is 0 Å². The van der Waals surface area contributed by atoms with Gasteiger partial charge in [0.25, 0.3) is 0 Å². The summed E-state index contributed by atoms with van der Waals surface area (Å²) in [7, 11) is 0. The van der Waals surface area contributed by atoms with Crippen LogP contribution in [0.15, 0.2) is 42.5 Å². The van der Waals surface area contributed by atoms with Crippen LogP contribution in [-0.2, 0) is 12.8 Å². The number of phenolic OH excluding ortho intramolecular Hbond substituents is 1. The maximum atomic E-state index is 10.8. The van der Waals surface area contributed by atoms with Gasteiger partial charge in [0, 0.05) is 5.56 Å². The highest BCUT2D eigenvalue weighted by atomic mass is 16.5. The van der Waals surface area contributed by atoms with Crippen molar-refractivity contribution in [1.82, 2.24) is 0 Å². The van der Waals surface area contributed by atoms with Crippen LogP contribution >= 0.6 is 0 Å². The van der Waals surface area contributed by atoms with Crippen molar-refractivity contribution in [3.8, 4) is 17.2 Å². The van der Waals surface area contributed by atoms with Crippen molar-refractivity contribution < 1.29 is 9.84 Å². The smallest absolute Gasteiger partial charge is 0.172 e. The van der Waals surface area contributed by atoms with Crippen molar-refractivity contribution in [2.75, 3.05) is 0 Å². The van der Waals surface area contributed by atoms with E-state index in [2.05, 4.69) is 19.9 Å². The molecule has 1 N–H and O–H groups in total. The molecule has 2 nitrogen and oxygen atoms in total. The van der Waals surface area contributed by atoms with Gasteiger partial charge >= 0.3 is 0 Å². The second-order valence-electron chi connectivity index (χ2n) is 11.3. The first-order valence-electron chi connectivity index (χ1n) is 16.3. The maximum absolute atomic E-state index is 10.8. The van der Waals surface area contributed by atoms with Crippen LogP contribution in [0.2, 0.25) is 0 Å². The van der Waals surface area contributed by atoms with Crippen LogP contribution in [0.4, 0.5) is 0 Å². The standard InChI is InChI=1S/C36H58O2/c1-3-5-7-9-11-13-15-17-19-22-26-32-30-31-35(37)36(38-33-27-23-21-24-28-33)34(32)29-25-20-18-16-14-12-10-8-6-4-2/h21,23-24,27-28,30-31,37H,3-20,22,25-26,29H2,1-2H3. The third-order valence-corrected chi connectivity index (χ3v) is 7.88. The fraction of sp³-hybridized carbons (Fsp3) is 0.667. The van der Waals surface area contributed by atoms with E-state index in [1.807, 2.05) is 36.4 Å². The molecule has 0 amide bonds. The molecule has 2 aromatic carbocycles. The van der Waals surface area contributed by atoms with Crippen molar-refractivity contribution in [2.45, 2.75) is 155 Å². The van der Waals surface area contributed by atoms with Crippen molar-refractivity contribution in [3.63, 3.8) is 0 Å². The van der Waals surface area contributed by atoms with E-state index in [4.69, 9.17) is 4.74 Å². The highest BCUT2D eigenvalue weighted by Gasteiger charge is 2.15. The second kappa shape index (κ2) is 21.9. The van der Waals surface area contributed by atoms with Gasteiger partial charge in [-0.05, 0) is 49.4 Å². The number of benzene rings is 2. The predicted octanol–water partition coefficient (Wildman–Crippen LogP) is 12.1. The van der Waals surface area contributed by atoms with Crippen molar-refractivity contribution in [1.29, 1.82) is 0 Å². The summed E-state index contributed by atoms with van der Waals surface area (Å²) in [4.78, 5) is 0. The Kier molecular flexibility index (Phi) is 18.6. The van der Waals surface area contributed by atoms with Gasteiger partial charge in [0.2, 0.25) is 0 Å². The largest absolute Gasteiger partial charge is 0.504 e. The summed E-state index contributed by atoms with van der Waals surface area (Å²) < 4.78 is 6.27. The molecule has 0 unspecified atom stereocenters. The van der Waals surface area contributed by atoms with Gasteiger partial charge in [0.05, 0.1) is 0 Å². The van der Waals surface area contributed by atoms with Gasteiger partial charge in [-0.2, -0.15) is 0 Å². The van der Waals surface area contributed by atoms with Gasteiger partial charge in [-0.25, -0.2) is 0 Å². The Morgan fingerprint density at radius 1 is 0.500 bits per heavy atom. The first-order chi connectivity index (χ1) is 18.8. The number of unbranched alkanes of at least 4 members (excludes halogenated alkanes) is 18. The normalized spacial score (nSPS) is 11.2. The molecule has 38 heavy (non-hydrogen) atoms. The lowest BCUT2D eigenvalue weighted by Gasteiger charge is -2.17. The summed E-state index contributed by atoms with van der Waals surface area (Å²) in [5.74, 6) is 1.74. The van der Waals surface area contributed by atoms with Crippen LogP contribution < -0.4 is 4.74 Å². The second-order valence-corrected chi connectivity index (χ2v) is 11.3. The van der Waals surface area contributed by atoms with Crippen LogP contribution in [0.5, 0.6) is 17.2 Å². The number of para-hydroxylation sites is 1. The molecule has 0 aliphatic carbocycles. The Bertz CT molecular complexity index is 814. The summed E-state index contributed by atoms with van der Waals surface area (Å²) in [5.41, 5.74) is 2.59. The summed E-state index contributed by atoms with van der Waals surface area (Å²) >= 11 is 0. The summed E-state index contributed by atoms with van der Waals surface area (Å²) in [6.45, 7) is 4.57. The molecule has 2 rings (SSSR count). The van der Waals surface area contributed by atoms with E-state index >= 15 is 0 Å². The Labute approximate surface area is 235 Å². The minimum Gasteiger partial charge on any atom is -0.504 e. The molecule has 0 fully saturated rings. The number of aryl methyl sites for hydroxylation is 1. The molecular formula is C36H58O2. The van der Waals surface area contributed by atoms with Gasteiger partial charge in [0.15, 0.2) is 11.5 Å². The first kappa shape index (κ1) is 32.3. The number of phenols is 1. The third-order valence-electron chi connectivity index (χ3n) is 7.88. The zero-order valence-corrected chi connectivity index (χ0v) is 25.0. The molecule has 2 aromatic rings. The van der Waals surface area contributed by atoms with Crippen molar-refractivity contribution >= 4 is 0 Å². The molecule has 2 heteroatoms. The molecule has 0 atom stereocenters. The molecular weight excluding hydrogens is 464 g/mol. The van der Waals surface area contributed by atoms with Crippen LogP contribution in [0.3, 0.4) is 0 Å². The summed E-state index contributed by atoms with van der Waals surface area (Å²) in [6.07, 6.45) is 29.0. The molecule has 0 heterocycles. The van der Waals surface area contributed by atoms with Crippen LogP contribution in [0.1, 0.15) is 153 Å². The van der Waals surface area contributed by atoms with Crippen molar-refractivity contribution in [3.05, 3.63) is 53.6 Å². The van der Waals surface area contributed by atoms with E-state index in [0.717, 1.165) is 25.0 Å². The van der Waals surface area contributed by atoms with Gasteiger partial charge in [-0.15, -0.1) is 0 Å². The first-order valence-corrected chi connectivity index (χ1v) is 16.3. The summed E-state index contributed by atoms with van der Waals surface area (Å²) in [6, 6.07) is 13.9. The highest BCUT2D eigenvalue weighted by molar-refractivity contribution is 5.52. The fourth-order valence-corrected chi connectivity index (χ4v) is 5.48. The molecule has 0 bridgehead atoms. The van der Waals surface area contributed by atoms with Crippen LogP contribution in [0.25, 0.3) is 0 Å². The van der Waals surface area contributed by atoms with Gasteiger partial charge in [-0.1, -0.05) is 154 Å². The molecule has 0 aromatic heterocycles. The average Bonchev–Trinajstić information content (AvgIpc) is 2.94. The Morgan fingerprint density at radius 2 is 0.947 bits per heavy atom. The molecule has 0 aliphatic rings. The van der Waals surface area contributed by atoms with Gasteiger partial charge < -0.3 is 9.84 Å². The molecule has 0 saturated heterocycles. The third kappa shape index (κ3) is 14.3. The zero-order valence-electron chi connectivity index (χ0n) is 25.0. The highest BCUT2D eigenvalue weighted by Crippen LogP contribution is 2.38. The SMILES string of the molecule is CCCCCCCCCCCCc1ccc(O)c(Oc2ccccc2)c1CCCCCCCCCCCC. The molecule has 0 spiro atoms. The minimum atomic E-state index is 0.266. The Balaban J connectivity index is 1.84. The monoisotopic (exact) mass is 522 g/mol. The van der Waals surface area contributed by atoms with E-state index in [1.165, 1.54) is 133 Å². The molecule has 214 valence electrons. The lowest BCUT2D eigenvalue weighted by molar-refractivity contribution is 0.405. The quantitative estimate of drug-likeness (QED) is 0.139. The minimum absolute atomic E-state index is 0.266. The number of hydrogen-bond donors (Lipinski definition) is 1. The number of hydrogen-bond acceptors (Lipinski definition) is 2. The van der Waals surface area contributed by atoms with Crippen LogP contribution in [-0.4, -0.2) is 5.11 Å². The van der Waals surface area contributed by atoms with E-state index in [1.54, 1.807) is 0 Å². The summed E-state index contributed by atoms with van der Waals surface area (Å²) in [5, 5.41) is 10.8. The van der Waals surface area contributed by atoms with Gasteiger partial charge in [0.1, 0.15) is 5.75 Å². The van der Waals surface area contributed by atoms with E-state index in [9.17, 15) is 5.11 Å². The van der Waals surface area contributed by atoms with E-state index in [0.29, 0.717) is 5.75 Å². The number of rotatable bonds is 24. The zero-order chi connectivity index (χ0) is 27.1. The maximum Gasteiger partial charge on any atom is 0.172 e. The lowest BCUT2D eigenvalue weighted by atomic mass is 9.95. The fourth-order valence-electron chi connectivity index (χ4n) is 5.48. The lowest BCUT2D eigenvalue weighted by Crippen LogP contribution is -2.00. The topological polar surface area (TPSA) is 29.5 Å². The van der Waals surface area contributed by atoms with Crippen molar-refractivity contribution in [2.24, 2.45) is 0 Å². The average molecular weight is 523 g/mol. The van der Waals surface area contributed by atoms with E-state index in [-0.39, 0.29) is 5.75 Å². The Morgan fingerprint density at radius 3 is 1.45 bits per heavy atom. The number of aromatic hydroxyl groups is 1. The molecule has 0 saturated carbocycles. The predicted molar refractivity (Wildman–Crippen MR) is 166 cm³/mol. The van der Waals surface area contributed by atoms with E-state index < -0.39 is 0 Å². The molecule has 0 radical (unpaired) electrons. The number of ether oxygens (including phenoxy) is 1. The molecule has 0 aliphatic heterocycles. The Hall–Kier alpha value is -1.96. The van der Waals surface area contributed by atoms with Crippen LogP contribution in [0, 0.1) is 0 Å².